The molecule has 0 atom stereocenters. The van der Waals surface area contributed by atoms with E-state index < -0.39 is 23.9 Å². The van der Waals surface area contributed by atoms with Crippen molar-refractivity contribution in [3.05, 3.63) is 144 Å². The molecule has 316 valence electrons. The van der Waals surface area contributed by atoms with E-state index in [1.807, 2.05) is 12.7 Å². The Bertz CT molecular complexity index is 1610. The number of carboxylic acid groups (broad SMARTS) is 4. The lowest BCUT2D eigenvalue weighted by molar-refractivity contribution is -0.159. The van der Waals surface area contributed by atoms with Crippen molar-refractivity contribution in [2.75, 3.05) is 39.3 Å². The summed E-state index contributed by atoms with van der Waals surface area (Å²) in [5, 5.41) is 29.6. The lowest BCUT2D eigenvalue weighted by atomic mass is 9.76. The van der Waals surface area contributed by atoms with Crippen LogP contribution in [-0.2, 0) is 19.2 Å². The molecule has 0 unspecified atom stereocenters. The molecule has 0 aliphatic carbocycles. The van der Waals surface area contributed by atoms with Gasteiger partial charge in [-0.25, -0.2) is 19.2 Å². The minimum absolute atomic E-state index is 0. The summed E-state index contributed by atoms with van der Waals surface area (Å²) in [7, 11) is 0. The predicted molar refractivity (Wildman–Crippen MR) is 230 cm³/mol. The third-order valence-electron chi connectivity index (χ3n) is 9.95. The highest BCUT2D eigenvalue weighted by atomic mass is 16.4. The van der Waals surface area contributed by atoms with Crippen LogP contribution in [0, 0.1) is 11.8 Å². The van der Waals surface area contributed by atoms with Crippen molar-refractivity contribution in [2.24, 2.45) is 21.8 Å². The first-order valence-electron chi connectivity index (χ1n) is 19.7. The van der Waals surface area contributed by atoms with Crippen molar-refractivity contribution in [1.29, 1.82) is 0 Å². The Kier molecular flexibility index (Phi) is 22.6. The third kappa shape index (κ3) is 17.4. The average molecular weight is 811 g/mol. The van der Waals surface area contributed by atoms with E-state index in [4.69, 9.17) is 39.6 Å². The molecule has 13 heteroatoms. The second-order valence-electron chi connectivity index (χ2n) is 13.8. The summed E-state index contributed by atoms with van der Waals surface area (Å²) in [4.78, 5) is 49.9. The van der Waals surface area contributed by atoms with Crippen molar-refractivity contribution in [3.63, 3.8) is 0 Å². The van der Waals surface area contributed by atoms with E-state index in [0.29, 0.717) is 23.7 Å². The Hall–Kier alpha value is -6.34. The fraction of sp³-hybridized carbons (Fsp3) is 0.348. The van der Waals surface area contributed by atoms with Gasteiger partial charge in [-0.05, 0) is 73.6 Å². The maximum Gasteiger partial charge on any atom is 0.414 e. The largest absolute Gasteiger partial charge is 0.473 e. The molecule has 2 aliphatic heterocycles. The molecule has 4 aromatic carbocycles. The Balaban J connectivity index is 0.000000316. The van der Waals surface area contributed by atoms with Crippen molar-refractivity contribution in [3.8, 4) is 0 Å². The third-order valence-corrected chi connectivity index (χ3v) is 9.95. The van der Waals surface area contributed by atoms with E-state index in [1.54, 1.807) is 0 Å². The van der Waals surface area contributed by atoms with Crippen LogP contribution in [0.25, 0.3) is 0 Å². The topological polar surface area (TPSA) is 212 Å². The molecule has 6 N–H and O–H groups in total. The number of benzene rings is 4. The minimum Gasteiger partial charge on any atom is -0.473 e. The van der Waals surface area contributed by atoms with Gasteiger partial charge in [0.15, 0.2) is 0 Å². The molecular weight excluding hydrogens is 753 g/mol. The highest BCUT2D eigenvalue weighted by molar-refractivity contribution is 6.27. The summed E-state index contributed by atoms with van der Waals surface area (Å²) < 4.78 is 0. The summed E-state index contributed by atoms with van der Waals surface area (Å²) in [5.74, 6) is -4.89. The van der Waals surface area contributed by atoms with E-state index in [2.05, 4.69) is 155 Å². The summed E-state index contributed by atoms with van der Waals surface area (Å²) >= 11 is 0. The lowest BCUT2D eigenvalue weighted by Crippen LogP contribution is -2.35. The van der Waals surface area contributed by atoms with Gasteiger partial charge >= 0.3 is 23.9 Å². The van der Waals surface area contributed by atoms with Crippen LogP contribution in [0.1, 0.15) is 73.6 Å². The minimum atomic E-state index is -1.82. The number of aliphatic imine (C=N–C) groups is 2. The first kappa shape index (κ1) is 48.8. The summed E-state index contributed by atoms with van der Waals surface area (Å²) in [5.41, 5.74) is 5.78. The highest BCUT2D eigenvalue weighted by Crippen LogP contribution is 2.39. The summed E-state index contributed by atoms with van der Waals surface area (Å²) in [6.45, 7) is 10.4. The second kappa shape index (κ2) is 27.3. The van der Waals surface area contributed by atoms with Crippen molar-refractivity contribution < 1.29 is 45.1 Å². The standard InChI is InChI=1S/2C21H26N2.2C2H2O4.H2O/c2*1-2-22-17-23-15-13-20(14-16-23)21(18-9-5-3-6-10-18)19-11-7-4-8-12-19;2*3-1(4)2(5)6;/h2*3-12,17,20-21H,2,13-16H2,1H3;2*(H,3,4)(H,5,6);1H2. The number of nitrogens with zero attached hydrogens (tertiary/aromatic N) is 4. The monoisotopic (exact) mass is 810 g/mol. The lowest BCUT2D eigenvalue weighted by Gasteiger charge is -2.36. The normalized spacial score (nSPS) is 14.2. The molecule has 13 nitrogen and oxygen atoms in total. The van der Waals surface area contributed by atoms with Gasteiger partial charge in [-0.1, -0.05) is 121 Å². The predicted octanol–water partition coefficient (Wildman–Crippen LogP) is 6.64. The van der Waals surface area contributed by atoms with E-state index in [-0.39, 0.29) is 5.48 Å². The Morgan fingerprint density at radius 2 is 0.712 bits per heavy atom. The van der Waals surface area contributed by atoms with Gasteiger partial charge in [-0.2, -0.15) is 0 Å². The molecule has 0 aromatic heterocycles. The van der Waals surface area contributed by atoms with Crippen LogP contribution in [0.3, 0.4) is 0 Å². The zero-order valence-electron chi connectivity index (χ0n) is 33.8. The van der Waals surface area contributed by atoms with Crippen LogP contribution in [-0.4, -0.2) is 112 Å². The fourth-order valence-electron chi connectivity index (χ4n) is 7.25. The van der Waals surface area contributed by atoms with Crippen molar-refractivity contribution in [1.82, 2.24) is 9.80 Å². The van der Waals surface area contributed by atoms with Gasteiger partial charge in [0, 0.05) is 51.1 Å². The Labute approximate surface area is 346 Å². The van der Waals surface area contributed by atoms with E-state index in [1.165, 1.54) is 47.9 Å². The number of likely N-dealkylation sites (tertiary alicyclic amines) is 2. The summed E-state index contributed by atoms with van der Waals surface area (Å²) in [6.07, 6.45) is 8.98. The van der Waals surface area contributed by atoms with Crippen LogP contribution in [0.15, 0.2) is 131 Å². The number of rotatable bonds is 10. The van der Waals surface area contributed by atoms with Crippen LogP contribution >= 0.6 is 0 Å². The molecule has 2 aliphatic rings. The molecule has 0 amide bonds. The molecule has 0 bridgehead atoms. The molecule has 4 aromatic rings. The maximum atomic E-state index is 9.10. The Morgan fingerprint density at radius 3 is 0.898 bits per heavy atom. The van der Waals surface area contributed by atoms with Gasteiger partial charge in [0.25, 0.3) is 0 Å². The van der Waals surface area contributed by atoms with E-state index >= 15 is 0 Å². The number of piperidine rings is 2. The quantitative estimate of drug-likeness (QED) is 0.0761. The maximum absolute atomic E-state index is 9.10. The molecule has 0 radical (unpaired) electrons. The molecule has 0 saturated carbocycles. The van der Waals surface area contributed by atoms with E-state index in [0.717, 1.165) is 39.3 Å². The number of carbonyl (C=O) groups is 4. The van der Waals surface area contributed by atoms with Crippen LogP contribution in [0.5, 0.6) is 0 Å². The van der Waals surface area contributed by atoms with Gasteiger partial charge in [0.2, 0.25) is 0 Å². The summed E-state index contributed by atoms with van der Waals surface area (Å²) in [6, 6.07) is 44.0. The van der Waals surface area contributed by atoms with Gasteiger partial charge in [-0.15, -0.1) is 0 Å². The number of aliphatic carboxylic acids is 4. The van der Waals surface area contributed by atoms with Gasteiger partial charge in [-0.3, -0.25) is 9.98 Å². The first-order valence-corrected chi connectivity index (χ1v) is 19.7. The molecule has 2 fully saturated rings. The zero-order chi connectivity index (χ0) is 42.1. The molecule has 0 spiro atoms. The van der Waals surface area contributed by atoms with Gasteiger partial charge in [0.05, 0.1) is 12.7 Å². The number of hydrogen-bond acceptors (Lipinski definition) is 6. The molecule has 59 heavy (non-hydrogen) atoms. The SMILES string of the molecule is CCN=CN1CCC(C(c2ccccc2)c2ccccc2)CC1.CCN=CN1CCC(C(c2ccccc2)c2ccccc2)CC1.O.O=C(O)C(=O)O.O=C(O)C(=O)O. The fourth-order valence-corrected chi connectivity index (χ4v) is 7.25. The zero-order valence-corrected chi connectivity index (χ0v) is 33.8. The first-order chi connectivity index (χ1) is 28.0. The van der Waals surface area contributed by atoms with Gasteiger partial charge < -0.3 is 35.7 Å². The van der Waals surface area contributed by atoms with Crippen LogP contribution < -0.4 is 0 Å². The molecule has 2 heterocycles. The highest BCUT2D eigenvalue weighted by Gasteiger charge is 2.29. The second-order valence-corrected chi connectivity index (χ2v) is 13.8. The van der Waals surface area contributed by atoms with E-state index in [9.17, 15) is 0 Å². The molecular formula is C46H58N4O9. The van der Waals surface area contributed by atoms with Gasteiger partial charge in [0.1, 0.15) is 0 Å². The Morgan fingerprint density at radius 1 is 0.492 bits per heavy atom. The molecule has 2 saturated heterocycles. The number of hydrogen-bond donors (Lipinski definition) is 4. The van der Waals surface area contributed by atoms with Crippen LogP contribution in [0.4, 0.5) is 0 Å². The average Bonchev–Trinajstić information content (AvgIpc) is 3.25. The molecule has 6 rings (SSSR count). The van der Waals surface area contributed by atoms with Crippen molar-refractivity contribution in [2.45, 2.75) is 51.4 Å². The smallest absolute Gasteiger partial charge is 0.414 e. The van der Waals surface area contributed by atoms with Crippen molar-refractivity contribution >= 4 is 36.6 Å². The van der Waals surface area contributed by atoms with Crippen LogP contribution in [0.2, 0.25) is 0 Å². The number of carboxylic acids is 4.